The van der Waals surface area contributed by atoms with Gasteiger partial charge in [-0.3, -0.25) is 4.79 Å². The van der Waals surface area contributed by atoms with Gasteiger partial charge in [-0.15, -0.1) is 10.2 Å². The molecule has 1 saturated carbocycles. The van der Waals surface area contributed by atoms with E-state index in [0.29, 0.717) is 33.0 Å². The molecule has 5 nitrogen and oxygen atoms in total. The van der Waals surface area contributed by atoms with E-state index in [1.807, 2.05) is 18.2 Å². The minimum absolute atomic E-state index is 0.152. The van der Waals surface area contributed by atoms with Crippen LogP contribution in [-0.2, 0) is 6.54 Å². The number of amides is 1. The molecule has 3 aromatic rings. The first-order valence-electron chi connectivity index (χ1n) is 8.36. The molecular formula is C19H14BrCl2N3O2. The number of rotatable bonds is 5. The van der Waals surface area contributed by atoms with Crippen molar-refractivity contribution in [1.82, 2.24) is 15.1 Å². The zero-order valence-corrected chi connectivity index (χ0v) is 17.1. The molecule has 0 aliphatic heterocycles. The van der Waals surface area contributed by atoms with E-state index < -0.39 is 0 Å². The number of aromatic nitrogens is 2. The van der Waals surface area contributed by atoms with Crippen molar-refractivity contribution >= 4 is 45.0 Å². The summed E-state index contributed by atoms with van der Waals surface area (Å²) < 4.78 is 6.55. The van der Waals surface area contributed by atoms with Crippen molar-refractivity contribution in [3.8, 4) is 11.5 Å². The van der Waals surface area contributed by atoms with Gasteiger partial charge in [-0.2, -0.15) is 0 Å². The lowest BCUT2D eigenvalue weighted by Crippen LogP contribution is -2.33. The fourth-order valence-corrected chi connectivity index (χ4v) is 3.55. The van der Waals surface area contributed by atoms with Crippen LogP contribution >= 0.6 is 39.1 Å². The van der Waals surface area contributed by atoms with Crippen molar-refractivity contribution in [3.63, 3.8) is 0 Å². The van der Waals surface area contributed by atoms with Crippen LogP contribution in [0.4, 0.5) is 0 Å². The molecule has 1 aliphatic carbocycles. The summed E-state index contributed by atoms with van der Waals surface area (Å²) in [6, 6.07) is 12.6. The van der Waals surface area contributed by atoms with Gasteiger partial charge in [-0.1, -0.05) is 51.3 Å². The van der Waals surface area contributed by atoms with Crippen LogP contribution in [0, 0.1) is 0 Å². The first-order valence-corrected chi connectivity index (χ1v) is 9.91. The molecule has 1 aliphatic rings. The molecule has 1 aromatic heterocycles. The van der Waals surface area contributed by atoms with Gasteiger partial charge in [0.1, 0.15) is 0 Å². The van der Waals surface area contributed by atoms with E-state index in [9.17, 15) is 4.79 Å². The fraction of sp³-hybridized carbons (Fsp3) is 0.211. The first kappa shape index (κ1) is 18.5. The van der Waals surface area contributed by atoms with Gasteiger partial charge in [0.25, 0.3) is 5.91 Å². The lowest BCUT2D eigenvalue weighted by Gasteiger charge is -2.21. The Bertz CT molecular complexity index is 1000. The van der Waals surface area contributed by atoms with Gasteiger partial charge in [0.15, 0.2) is 0 Å². The van der Waals surface area contributed by atoms with Crippen LogP contribution in [0.25, 0.3) is 11.5 Å². The highest BCUT2D eigenvalue weighted by atomic mass is 79.9. The first-order chi connectivity index (χ1) is 13.0. The molecule has 1 fully saturated rings. The molecule has 27 heavy (non-hydrogen) atoms. The van der Waals surface area contributed by atoms with Crippen molar-refractivity contribution in [2.75, 3.05) is 0 Å². The Morgan fingerprint density at radius 3 is 2.67 bits per heavy atom. The lowest BCUT2D eigenvalue weighted by atomic mass is 10.2. The van der Waals surface area contributed by atoms with Gasteiger partial charge >= 0.3 is 0 Å². The molecule has 0 radical (unpaired) electrons. The molecule has 0 bridgehead atoms. The maximum absolute atomic E-state index is 13.0. The standard InChI is InChI=1S/C19H14BrCl2N3O2/c20-11-5-8-16(22)14(9-11)19(26)25(12-6-7-12)10-17-23-24-18(27-17)13-3-1-2-4-15(13)21/h1-5,8-9,12H,6-7,10H2. The third-order valence-corrected chi connectivity index (χ3v) is 5.44. The topological polar surface area (TPSA) is 59.2 Å². The summed E-state index contributed by atoms with van der Waals surface area (Å²) in [5.41, 5.74) is 1.11. The normalized spacial score (nSPS) is 13.6. The molecule has 0 saturated heterocycles. The number of carbonyl (C=O) groups is 1. The summed E-state index contributed by atoms with van der Waals surface area (Å²) in [5, 5.41) is 9.10. The highest BCUT2D eigenvalue weighted by molar-refractivity contribution is 9.10. The number of hydrogen-bond donors (Lipinski definition) is 0. The van der Waals surface area contributed by atoms with Gasteiger partial charge in [-0.05, 0) is 43.2 Å². The Kier molecular flexibility index (Phi) is 5.21. The maximum atomic E-state index is 13.0. The summed E-state index contributed by atoms with van der Waals surface area (Å²) in [5.74, 6) is 0.539. The van der Waals surface area contributed by atoms with Crippen molar-refractivity contribution in [1.29, 1.82) is 0 Å². The fourth-order valence-electron chi connectivity index (χ4n) is 2.78. The van der Waals surface area contributed by atoms with Crippen LogP contribution in [0.1, 0.15) is 29.1 Å². The Morgan fingerprint density at radius 2 is 1.93 bits per heavy atom. The zero-order valence-electron chi connectivity index (χ0n) is 14.0. The van der Waals surface area contributed by atoms with Crippen LogP contribution in [0.3, 0.4) is 0 Å². The van der Waals surface area contributed by atoms with Crippen LogP contribution in [-0.4, -0.2) is 27.0 Å². The van der Waals surface area contributed by atoms with E-state index in [4.69, 9.17) is 27.6 Å². The Hall–Kier alpha value is -1.89. The van der Waals surface area contributed by atoms with Gasteiger partial charge in [0, 0.05) is 10.5 Å². The second kappa shape index (κ2) is 7.62. The molecule has 4 rings (SSSR count). The predicted molar refractivity (Wildman–Crippen MR) is 107 cm³/mol. The van der Waals surface area contributed by atoms with Gasteiger partial charge in [-0.25, -0.2) is 0 Å². The van der Waals surface area contributed by atoms with Crippen LogP contribution in [0.5, 0.6) is 0 Å². The Labute approximate surface area is 174 Å². The van der Waals surface area contributed by atoms with Crippen LogP contribution in [0.15, 0.2) is 51.4 Å². The molecule has 2 aromatic carbocycles. The Morgan fingerprint density at radius 1 is 1.15 bits per heavy atom. The molecular weight excluding hydrogens is 453 g/mol. The zero-order chi connectivity index (χ0) is 19.0. The number of benzene rings is 2. The van der Waals surface area contributed by atoms with Crippen molar-refractivity contribution < 1.29 is 9.21 Å². The van der Waals surface area contributed by atoms with E-state index in [1.165, 1.54) is 0 Å². The van der Waals surface area contributed by atoms with E-state index in [2.05, 4.69) is 26.1 Å². The second-order valence-electron chi connectivity index (χ2n) is 6.27. The smallest absolute Gasteiger partial charge is 0.256 e. The third kappa shape index (κ3) is 4.03. The molecule has 0 atom stereocenters. The third-order valence-electron chi connectivity index (χ3n) is 4.28. The van der Waals surface area contributed by atoms with Crippen molar-refractivity contribution in [3.05, 3.63) is 68.4 Å². The summed E-state index contributed by atoms with van der Waals surface area (Å²) in [6.07, 6.45) is 1.89. The molecule has 138 valence electrons. The number of carbonyl (C=O) groups excluding carboxylic acids is 1. The number of hydrogen-bond acceptors (Lipinski definition) is 4. The highest BCUT2D eigenvalue weighted by Gasteiger charge is 2.35. The Balaban J connectivity index is 1.59. The monoisotopic (exact) mass is 465 g/mol. The van der Waals surface area contributed by atoms with Gasteiger partial charge in [0.05, 0.1) is 27.7 Å². The number of nitrogens with zero attached hydrogens (tertiary/aromatic N) is 3. The summed E-state index contributed by atoms with van der Waals surface area (Å²) in [6.45, 7) is 0.226. The molecule has 1 heterocycles. The second-order valence-corrected chi connectivity index (χ2v) is 8.00. The molecule has 1 amide bonds. The minimum Gasteiger partial charge on any atom is -0.419 e. The predicted octanol–water partition coefficient (Wildman–Crippen LogP) is 5.61. The largest absolute Gasteiger partial charge is 0.419 e. The maximum Gasteiger partial charge on any atom is 0.256 e. The summed E-state index contributed by atoms with van der Waals surface area (Å²) in [4.78, 5) is 14.8. The average Bonchev–Trinajstić information content (AvgIpc) is 3.40. The average molecular weight is 467 g/mol. The number of halogens is 3. The van der Waals surface area contributed by atoms with E-state index in [1.54, 1.807) is 29.2 Å². The summed E-state index contributed by atoms with van der Waals surface area (Å²) >= 11 is 15.8. The van der Waals surface area contributed by atoms with Crippen molar-refractivity contribution in [2.45, 2.75) is 25.4 Å². The summed E-state index contributed by atoms with van der Waals surface area (Å²) in [7, 11) is 0. The van der Waals surface area contributed by atoms with Gasteiger partial charge in [0.2, 0.25) is 11.8 Å². The van der Waals surface area contributed by atoms with E-state index in [0.717, 1.165) is 17.3 Å². The molecule has 8 heteroatoms. The van der Waals surface area contributed by atoms with E-state index >= 15 is 0 Å². The van der Waals surface area contributed by atoms with Gasteiger partial charge < -0.3 is 9.32 Å². The van der Waals surface area contributed by atoms with Crippen LogP contribution < -0.4 is 0 Å². The van der Waals surface area contributed by atoms with E-state index in [-0.39, 0.29) is 18.5 Å². The SMILES string of the molecule is O=C(c1cc(Br)ccc1Cl)N(Cc1nnc(-c2ccccc2Cl)o1)C1CC1. The molecule has 0 unspecified atom stereocenters. The lowest BCUT2D eigenvalue weighted by molar-refractivity contribution is 0.0714. The molecule has 0 spiro atoms. The quantitative estimate of drug-likeness (QED) is 0.490. The van der Waals surface area contributed by atoms with Crippen molar-refractivity contribution in [2.24, 2.45) is 0 Å². The highest BCUT2D eigenvalue weighted by Crippen LogP contribution is 2.33. The molecule has 0 N–H and O–H groups in total. The van der Waals surface area contributed by atoms with Crippen LogP contribution in [0.2, 0.25) is 10.0 Å². The minimum atomic E-state index is -0.152.